The van der Waals surface area contributed by atoms with Crippen molar-refractivity contribution in [3.05, 3.63) is 23.0 Å². The van der Waals surface area contributed by atoms with Crippen LogP contribution in [0, 0.1) is 13.8 Å². The molecule has 1 saturated heterocycles. The molecule has 0 bridgehead atoms. The predicted octanol–water partition coefficient (Wildman–Crippen LogP) is 0.974. The molecule has 1 aliphatic heterocycles. The van der Waals surface area contributed by atoms with Crippen molar-refractivity contribution < 1.29 is 14.4 Å². The number of aromatic nitrogens is 1. The van der Waals surface area contributed by atoms with Crippen molar-refractivity contribution in [2.24, 2.45) is 7.05 Å². The summed E-state index contributed by atoms with van der Waals surface area (Å²) in [5.41, 5.74) is 2.43. The molecule has 96 valence electrons. The van der Waals surface area contributed by atoms with E-state index in [0.717, 1.165) is 16.3 Å². The summed E-state index contributed by atoms with van der Waals surface area (Å²) in [6, 6.07) is 1.79. The van der Waals surface area contributed by atoms with Crippen LogP contribution in [0.15, 0.2) is 6.07 Å². The lowest BCUT2D eigenvalue weighted by atomic mass is 10.1. The molecule has 1 aromatic heterocycles. The van der Waals surface area contributed by atoms with Gasteiger partial charge in [-0.05, 0) is 19.9 Å². The van der Waals surface area contributed by atoms with Gasteiger partial charge in [-0.3, -0.25) is 19.3 Å². The summed E-state index contributed by atoms with van der Waals surface area (Å²) in [5, 5.41) is 0. The third-order valence-electron chi connectivity index (χ3n) is 3.53. The van der Waals surface area contributed by atoms with Crippen LogP contribution >= 0.6 is 0 Å². The lowest BCUT2D eigenvalue weighted by Crippen LogP contribution is -2.34. The highest BCUT2D eigenvalue weighted by Gasteiger charge is 2.31. The zero-order chi connectivity index (χ0) is 13.4. The van der Waals surface area contributed by atoms with Crippen molar-refractivity contribution in [3.8, 4) is 0 Å². The van der Waals surface area contributed by atoms with Gasteiger partial charge in [-0.2, -0.15) is 0 Å². The van der Waals surface area contributed by atoms with Gasteiger partial charge in [0.25, 0.3) is 0 Å². The number of ketones is 1. The smallest absolute Gasteiger partial charge is 0.230 e. The van der Waals surface area contributed by atoms with Crippen molar-refractivity contribution in [3.63, 3.8) is 0 Å². The SMILES string of the molecule is Cc1cc(C(=O)CN2C(=O)CCC2=O)c(C)n1C. The molecule has 0 N–H and O–H groups in total. The van der Waals surface area contributed by atoms with Crippen LogP contribution in [0.3, 0.4) is 0 Å². The summed E-state index contributed by atoms with van der Waals surface area (Å²) >= 11 is 0. The Bertz CT molecular complexity index is 527. The third-order valence-corrected chi connectivity index (χ3v) is 3.53. The second-order valence-corrected chi connectivity index (χ2v) is 4.64. The van der Waals surface area contributed by atoms with Crippen LogP contribution in [0.5, 0.6) is 0 Å². The predicted molar refractivity (Wildman–Crippen MR) is 65.2 cm³/mol. The van der Waals surface area contributed by atoms with Gasteiger partial charge in [0.15, 0.2) is 5.78 Å². The molecule has 2 rings (SSSR count). The van der Waals surface area contributed by atoms with Crippen molar-refractivity contribution >= 4 is 17.6 Å². The minimum atomic E-state index is -0.251. The van der Waals surface area contributed by atoms with Gasteiger partial charge in [-0.15, -0.1) is 0 Å². The average Bonchev–Trinajstić information content (AvgIpc) is 2.77. The topological polar surface area (TPSA) is 59.4 Å². The third kappa shape index (κ3) is 1.96. The first-order chi connectivity index (χ1) is 8.41. The van der Waals surface area contributed by atoms with E-state index in [2.05, 4.69) is 0 Å². The van der Waals surface area contributed by atoms with Gasteiger partial charge in [0.05, 0.1) is 6.54 Å². The monoisotopic (exact) mass is 248 g/mol. The van der Waals surface area contributed by atoms with E-state index in [1.807, 2.05) is 25.5 Å². The number of hydrogen-bond acceptors (Lipinski definition) is 3. The standard InChI is InChI=1S/C13H16N2O3/c1-8-6-10(9(2)14(8)3)11(16)7-15-12(17)4-5-13(15)18/h6H,4-5,7H2,1-3H3. The van der Waals surface area contributed by atoms with Gasteiger partial charge in [-0.1, -0.05) is 0 Å². The molecule has 0 spiro atoms. The van der Waals surface area contributed by atoms with Crippen LogP contribution < -0.4 is 0 Å². The second kappa shape index (κ2) is 4.40. The maximum absolute atomic E-state index is 12.1. The van der Waals surface area contributed by atoms with Crippen LogP contribution in [-0.2, 0) is 16.6 Å². The Morgan fingerprint density at radius 3 is 2.22 bits per heavy atom. The Balaban J connectivity index is 2.20. The fourth-order valence-electron chi connectivity index (χ4n) is 2.17. The Hall–Kier alpha value is -1.91. The van der Waals surface area contributed by atoms with Gasteiger partial charge in [-0.25, -0.2) is 0 Å². The number of carbonyl (C=O) groups is 3. The van der Waals surface area contributed by atoms with E-state index < -0.39 is 0 Å². The molecule has 1 aliphatic rings. The Labute approximate surface area is 105 Å². The molecule has 0 aromatic carbocycles. The largest absolute Gasteiger partial charge is 0.351 e. The summed E-state index contributed by atoms with van der Waals surface area (Å²) in [4.78, 5) is 36.1. The van der Waals surface area contributed by atoms with Crippen LogP contribution in [0.1, 0.15) is 34.6 Å². The number of amides is 2. The number of nitrogens with zero attached hydrogens (tertiary/aromatic N) is 2. The molecular formula is C13H16N2O3. The zero-order valence-corrected chi connectivity index (χ0v) is 10.8. The molecular weight excluding hydrogens is 232 g/mol. The Morgan fingerprint density at radius 1 is 1.22 bits per heavy atom. The van der Waals surface area contributed by atoms with E-state index in [1.165, 1.54) is 0 Å². The molecule has 0 aliphatic carbocycles. The lowest BCUT2D eigenvalue weighted by Gasteiger charge is -2.12. The normalized spacial score (nSPS) is 15.6. The molecule has 1 aromatic rings. The highest BCUT2D eigenvalue weighted by molar-refractivity contribution is 6.08. The first-order valence-electron chi connectivity index (χ1n) is 5.91. The molecule has 0 unspecified atom stereocenters. The van der Waals surface area contributed by atoms with Gasteiger partial charge in [0.2, 0.25) is 11.8 Å². The highest BCUT2D eigenvalue weighted by Crippen LogP contribution is 2.17. The molecule has 0 saturated carbocycles. The van der Waals surface area contributed by atoms with Crippen LogP contribution in [0.2, 0.25) is 0 Å². The van der Waals surface area contributed by atoms with Gasteiger partial charge in [0.1, 0.15) is 0 Å². The second-order valence-electron chi connectivity index (χ2n) is 4.64. The van der Waals surface area contributed by atoms with E-state index in [1.54, 1.807) is 6.07 Å². The summed E-state index contributed by atoms with van der Waals surface area (Å²) in [7, 11) is 1.88. The summed E-state index contributed by atoms with van der Waals surface area (Å²) in [6.07, 6.45) is 0.442. The maximum Gasteiger partial charge on any atom is 0.230 e. The van der Waals surface area contributed by atoms with Crippen LogP contribution in [0.4, 0.5) is 0 Å². The molecule has 5 nitrogen and oxygen atoms in total. The van der Waals surface area contributed by atoms with Gasteiger partial charge < -0.3 is 4.57 Å². The minimum absolute atomic E-state index is 0.137. The minimum Gasteiger partial charge on any atom is -0.351 e. The summed E-state index contributed by atoms with van der Waals surface area (Å²) < 4.78 is 1.92. The first kappa shape index (κ1) is 12.5. The zero-order valence-electron chi connectivity index (χ0n) is 10.8. The maximum atomic E-state index is 12.1. The van der Waals surface area contributed by atoms with Crippen molar-refractivity contribution in [2.45, 2.75) is 26.7 Å². The number of Topliss-reactive ketones (excluding diaryl/α,β-unsaturated/α-hetero) is 1. The molecule has 2 amide bonds. The van der Waals surface area contributed by atoms with Gasteiger partial charge >= 0.3 is 0 Å². The molecule has 1 fully saturated rings. The molecule has 0 atom stereocenters. The van der Waals surface area contributed by atoms with E-state index in [9.17, 15) is 14.4 Å². The number of imide groups is 1. The number of carbonyl (C=O) groups excluding carboxylic acids is 3. The summed E-state index contributed by atoms with van der Waals surface area (Å²) in [6.45, 7) is 3.63. The fourth-order valence-corrected chi connectivity index (χ4v) is 2.17. The van der Waals surface area contributed by atoms with Crippen molar-refractivity contribution in [2.75, 3.05) is 6.54 Å². The number of aryl methyl sites for hydroxylation is 1. The van der Waals surface area contributed by atoms with Crippen LogP contribution in [-0.4, -0.2) is 33.6 Å². The van der Waals surface area contributed by atoms with Crippen molar-refractivity contribution in [1.29, 1.82) is 0 Å². The molecule has 5 heteroatoms. The van der Waals surface area contributed by atoms with E-state index >= 15 is 0 Å². The van der Waals surface area contributed by atoms with E-state index in [4.69, 9.17) is 0 Å². The first-order valence-corrected chi connectivity index (χ1v) is 5.91. The number of likely N-dealkylation sites (tertiary alicyclic amines) is 1. The molecule has 0 radical (unpaired) electrons. The van der Waals surface area contributed by atoms with Crippen molar-refractivity contribution in [1.82, 2.24) is 9.47 Å². The Kier molecular flexibility index (Phi) is 3.07. The van der Waals surface area contributed by atoms with E-state index in [0.29, 0.717) is 5.56 Å². The average molecular weight is 248 g/mol. The number of hydrogen-bond donors (Lipinski definition) is 0. The summed E-state index contributed by atoms with van der Waals surface area (Å²) in [5.74, 6) is -0.683. The lowest BCUT2D eigenvalue weighted by molar-refractivity contribution is -0.137. The number of rotatable bonds is 3. The van der Waals surface area contributed by atoms with E-state index in [-0.39, 0.29) is 37.0 Å². The van der Waals surface area contributed by atoms with Gasteiger partial charge in [0, 0.05) is 36.8 Å². The molecule has 2 heterocycles. The Morgan fingerprint density at radius 2 is 1.78 bits per heavy atom. The quantitative estimate of drug-likeness (QED) is 0.591. The highest BCUT2D eigenvalue weighted by atomic mass is 16.2. The fraction of sp³-hybridized carbons (Fsp3) is 0.462. The molecule has 18 heavy (non-hydrogen) atoms. The van der Waals surface area contributed by atoms with Crippen LogP contribution in [0.25, 0.3) is 0 Å².